The molecule has 2 aromatic heterocycles. The van der Waals surface area contributed by atoms with E-state index in [0.29, 0.717) is 17.9 Å². The fourth-order valence-electron chi connectivity index (χ4n) is 1.86. The molecular formula is C12H17N5O2S. The normalized spacial score (nSPS) is 11.7. The Kier molecular flexibility index (Phi) is 4.48. The van der Waals surface area contributed by atoms with E-state index < -0.39 is 10.0 Å². The average molecular weight is 295 g/mol. The summed E-state index contributed by atoms with van der Waals surface area (Å²) in [7, 11) is -1.86. The predicted molar refractivity (Wildman–Crippen MR) is 74.4 cm³/mol. The third-order valence-electron chi connectivity index (χ3n) is 2.79. The molecule has 0 aliphatic heterocycles. The standard InChI is InChI=1S/C12H17N5O2S/c1-9-12(11(8-13-2)17-16-9)20(18,19)15-7-10-3-5-14-6-4-10/h3-6,13,15H,7-8H2,1-2H3,(H,16,17). The SMILES string of the molecule is CNCc1n[nH]c(C)c1S(=O)(=O)NCc1ccncc1. The highest BCUT2D eigenvalue weighted by Gasteiger charge is 2.23. The summed E-state index contributed by atoms with van der Waals surface area (Å²) in [6.45, 7) is 2.29. The number of aromatic amines is 1. The van der Waals surface area contributed by atoms with Crippen molar-refractivity contribution >= 4 is 10.0 Å². The Morgan fingerprint density at radius 2 is 1.95 bits per heavy atom. The summed E-state index contributed by atoms with van der Waals surface area (Å²) in [6.07, 6.45) is 3.25. The van der Waals surface area contributed by atoms with Crippen LogP contribution in [0.3, 0.4) is 0 Å². The molecule has 0 aliphatic carbocycles. The van der Waals surface area contributed by atoms with Crippen LogP contribution >= 0.6 is 0 Å². The molecule has 0 radical (unpaired) electrons. The highest BCUT2D eigenvalue weighted by atomic mass is 32.2. The summed E-state index contributed by atoms with van der Waals surface area (Å²) in [5, 5.41) is 9.62. The third-order valence-corrected chi connectivity index (χ3v) is 4.39. The molecule has 0 unspecified atom stereocenters. The summed E-state index contributed by atoms with van der Waals surface area (Å²) in [4.78, 5) is 4.10. The maximum Gasteiger partial charge on any atom is 0.244 e. The molecule has 20 heavy (non-hydrogen) atoms. The molecule has 108 valence electrons. The first-order chi connectivity index (χ1) is 9.54. The van der Waals surface area contributed by atoms with E-state index in [1.807, 2.05) is 0 Å². The smallest absolute Gasteiger partial charge is 0.244 e. The second-order valence-electron chi connectivity index (χ2n) is 4.33. The maximum absolute atomic E-state index is 12.4. The topological polar surface area (TPSA) is 99.8 Å². The van der Waals surface area contributed by atoms with Crippen LogP contribution in [-0.4, -0.2) is 30.6 Å². The molecular weight excluding hydrogens is 278 g/mol. The molecule has 2 aromatic rings. The zero-order valence-corrected chi connectivity index (χ0v) is 12.2. The van der Waals surface area contributed by atoms with E-state index in [4.69, 9.17) is 0 Å². The highest BCUT2D eigenvalue weighted by Crippen LogP contribution is 2.17. The molecule has 3 N–H and O–H groups in total. The monoisotopic (exact) mass is 295 g/mol. The summed E-state index contributed by atoms with van der Waals surface area (Å²) in [6, 6.07) is 3.53. The van der Waals surface area contributed by atoms with Gasteiger partial charge in [-0.15, -0.1) is 0 Å². The molecule has 0 saturated heterocycles. The van der Waals surface area contributed by atoms with Gasteiger partial charge < -0.3 is 5.32 Å². The van der Waals surface area contributed by atoms with E-state index in [1.165, 1.54) is 0 Å². The molecule has 7 nitrogen and oxygen atoms in total. The summed E-state index contributed by atoms with van der Waals surface area (Å²) < 4.78 is 27.3. The van der Waals surface area contributed by atoms with Crippen molar-refractivity contribution in [1.82, 2.24) is 25.2 Å². The number of pyridine rings is 1. The molecule has 8 heteroatoms. The number of nitrogens with zero attached hydrogens (tertiary/aromatic N) is 2. The first kappa shape index (κ1) is 14.6. The number of rotatable bonds is 6. The van der Waals surface area contributed by atoms with Crippen LogP contribution < -0.4 is 10.0 Å². The molecule has 0 fully saturated rings. The zero-order valence-electron chi connectivity index (χ0n) is 11.3. The minimum atomic E-state index is -3.60. The van der Waals surface area contributed by atoms with Crippen molar-refractivity contribution in [3.05, 3.63) is 41.5 Å². The van der Waals surface area contributed by atoms with Gasteiger partial charge in [-0.1, -0.05) is 0 Å². The maximum atomic E-state index is 12.4. The van der Waals surface area contributed by atoms with Crippen LogP contribution in [0.2, 0.25) is 0 Å². The van der Waals surface area contributed by atoms with Crippen molar-refractivity contribution in [3.63, 3.8) is 0 Å². The van der Waals surface area contributed by atoms with Gasteiger partial charge in [0.1, 0.15) is 4.90 Å². The highest BCUT2D eigenvalue weighted by molar-refractivity contribution is 7.89. The number of aromatic nitrogens is 3. The fraction of sp³-hybridized carbons (Fsp3) is 0.333. The lowest BCUT2D eigenvalue weighted by Crippen LogP contribution is -2.25. The van der Waals surface area contributed by atoms with Gasteiger partial charge in [0.15, 0.2) is 0 Å². The first-order valence-electron chi connectivity index (χ1n) is 6.11. The van der Waals surface area contributed by atoms with E-state index >= 15 is 0 Å². The van der Waals surface area contributed by atoms with E-state index in [0.717, 1.165) is 5.56 Å². The van der Waals surface area contributed by atoms with E-state index in [2.05, 4.69) is 25.2 Å². The van der Waals surface area contributed by atoms with Crippen molar-refractivity contribution < 1.29 is 8.42 Å². The van der Waals surface area contributed by atoms with Crippen molar-refractivity contribution in [2.75, 3.05) is 7.05 Å². The van der Waals surface area contributed by atoms with Gasteiger partial charge in [0, 0.05) is 25.5 Å². The lowest BCUT2D eigenvalue weighted by atomic mass is 10.3. The number of nitrogens with one attached hydrogen (secondary N) is 3. The quantitative estimate of drug-likeness (QED) is 0.712. The fourth-order valence-corrected chi connectivity index (χ4v) is 3.24. The molecule has 0 amide bonds. The molecule has 0 spiro atoms. The minimum absolute atomic E-state index is 0.209. The third kappa shape index (κ3) is 3.21. The molecule has 0 aromatic carbocycles. The Hall–Kier alpha value is -1.77. The van der Waals surface area contributed by atoms with Crippen LogP contribution in [0, 0.1) is 6.92 Å². The van der Waals surface area contributed by atoms with Gasteiger partial charge >= 0.3 is 0 Å². The van der Waals surface area contributed by atoms with Crippen LogP contribution in [0.15, 0.2) is 29.4 Å². The van der Waals surface area contributed by atoms with E-state index in [9.17, 15) is 8.42 Å². The number of sulfonamides is 1. The van der Waals surface area contributed by atoms with Crippen LogP contribution in [0.4, 0.5) is 0 Å². The van der Waals surface area contributed by atoms with Gasteiger partial charge in [-0.05, 0) is 31.7 Å². The zero-order chi connectivity index (χ0) is 14.6. The first-order valence-corrected chi connectivity index (χ1v) is 7.60. The molecule has 0 atom stereocenters. The molecule has 2 heterocycles. The number of H-pyrrole nitrogens is 1. The van der Waals surface area contributed by atoms with Crippen LogP contribution in [-0.2, 0) is 23.1 Å². The van der Waals surface area contributed by atoms with Gasteiger partial charge in [-0.3, -0.25) is 10.1 Å². The van der Waals surface area contributed by atoms with E-state index in [-0.39, 0.29) is 11.4 Å². The lowest BCUT2D eigenvalue weighted by Gasteiger charge is -2.08. The summed E-state index contributed by atoms with van der Waals surface area (Å²) in [5.74, 6) is 0. The molecule has 0 saturated carbocycles. The Morgan fingerprint density at radius 3 is 2.60 bits per heavy atom. The Labute approximate surface area is 117 Å². The Balaban J connectivity index is 2.20. The van der Waals surface area contributed by atoms with Gasteiger partial charge in [-0.25, -0.2) is 13.1 Å². The minimum Gasteiger partial charge on any atom is -0.314 e. The van der Waals surface area contributed by atoms with Gasteiger partial charge in [0.05, 0.1) is 11.4 Å². The van der Waals surface area contributed by atoms with Crippen LogP contribution in [0.25, 0.3) is 0 Å². The van der Waals surface area contributed by atoms with Gasteiger partial charge in [0.25, 0.3) is 0 Å². The van der Waals surface area contributed by atoms with Gasteiger partial charge in [0.2, 0.25) is 10.0 Å². The lowest BCUT2D eigenvalue weighted by molar-refractivity contribution is 0.578. The second kappa shape index (κ2) is 6.12. The van der Waals surface area contributed by atoms with Crippen molar-refractivity contribution in [1.29, 1.82) is 0 Å². The summed E-state index contributed by atoms with van der Waals surface area (Å²) in [5.41, 5.74) is 1.85. The van der Waals surface area contributed by atoms with Crippen molar-refractivity contribution in [3.8, 4) is 0 Å². The predicted octanol–water partition coefficient (Wildman–Crippen LogP) is 0.311. The van der Waals surface area contributed by atoms with Crippen molar-refractivity contribution in [2.45, 2.75) is 24.9 Å². The largest absolute Gasteiger partial charge is 0.314 e. The second-order valence-corrected chi connectivity index (χ2v) is 6.04. The van der Waals surface area contributed by atoms with Gasteiger partial charge in [-0.2, -0.15) is 5.10 Å². The number of hydrogen-bond donors (Lipinski definition) is 3. The number of aryl methyl sites for hydroxylation is 1. The molecule has 0 aliphatic rings. The average Bonchev–Trinajstić information content (AvgIpc) is 2.80. The number of hydrogen-bond acceptors (Lipinski definition) is 5. The van der Waals surface area contributed by atoms with E-state index in [1.54, 1.807) is 38.5 Å². The van der Waals surface area contributed by atoms with Crippen LogP contribution in [0.5, 0.6) is 0 Å². The van der Waals surface area contributed by atoms with Crippen molar-refractivity contribution in [2.24, 2.45) is 0 Å². The molecule has 2 rings (SSSR count). The Bertz CT molecular complexity index is 666. The Morgan fingerprint density at radius 1 is 1.25 bits per heavy atom. The van der Waals surface area contributed by atoms with Crippen LogP contribution in [0.1, 0.15) is 17.0 Å². The summed E-state index contributed by atoms with van der Waals surface area (Å²) >= 11 is 0. The molecule has 0 bridgehead atoms.